The van der Waals surface area contributed by atoms with E-state index >= 15 is 0 Å². The highest BCUT2D eigenvalue weighted by Gasteiger charge is 2.35. The molecule has 1 aliphatic heterocycles. The van der Waals surface area contributed by atoms with E-state index in [1.807, 2.05) is 0 Å². The van der Waals surface area contributed by atoms with Crippen LogP contribution in [0.3, 0.4) is 0 Å². The Bertz CT molecular complexity index is 1150. The first-order valence-electron chi connectivity index (χ1n) is 9.34. The summed E-state index contributed by atoms with van der Waals surface area (Å²) in [5.74, 6) is 1.38. The Morgan fingerprint density at radius 2 is 2.00 bits per heavy atom. The Labute approximate surface area is 179 Å². The SMILES string of the molecule is COc1ccc(Cl)cc1S(=O)(=O)N1CCC[C@@H](c2nnc(-c3cnc(C)nc3)o2)C1. The molecule has 1 atom stereocenters. The van der Waals surface area contributed by atoms with Crippen molar-refractivity contribution in [1.82, 2.24) is 24.5 Å². The Hall–Kier alpha value is -2.56. The Kier molecular flexibility index (Phi) is 5.72. The third kappa shape index (κ3) is 4.03. The van der Waals surface area contributed by atoms with E-state index in [0.717, 1.165) is 6.42 Å². The van der Waals surface area contributed by atoms with Gasteiger partial charge in [-0.3, -0.25) is 0 Å². The highest BCUT2D eigenvalue weighted by atomic mass is 35.5. The monoisotopic (exact) mass is 449 g/mol. The van der Waals surface area contributed by atoms with E-state index in [1.165, 1.54) is 17.5 Å². The maximum atomic E-state index is 13.3. The molecule has 4 rings (SSSR count). The van der Waals surface area contributed by atoms with Crippen LogP contribution in [0.25, 0.3) is 11.5 Å². The fraction of sp³-hybridized carbons (Fsp3) is 0.368. The summed E-state index contributed by atoms with van der Waals surface area (Å²) in [4.78, 5) is 8.30. The van der Waals surface area contributed by atoms with Crippen LogP contribution in [0.1, 0.15) is 30.5 Å². The molecular weight excluding hydrogens is 430 g/mol. The first kappa shape index (κ1) is 20.7. The first-order valence-corrected chi connectivity index (χ1v) is 11.2. The molecule has 0 saturated carbocycles. The summed E-state index contributed by atoms with van der Waals surface area (Å²) in [7, 11) is -2.38. The van der Waals surface area contributed by atoms with Gasteiger partial charge in [0.05, 0.1) is 18.6 Å². The van der Waals surface area contributed by atoms with Gasteiger partial charge in [-0.25, -0.2) is 18.4 Å². The lowest BCUT2D eigenvalue weighted by Crippen LogP contribution is -2.39. The smallest absolute Gasteiger partial charge is 0.250 e. The minimum absolute atomic E-state index is 0.0428. The largest absolute Gasteiger partial charge is 0.495 e. The Morgan fingerprint density at radius 1 is 1.23 bits per heavy atom. The molecule has 0 amide bonds. The molecule has 1 fully saturated rings. The van der Waals surface area contributed by atoms with Gasteiger partial charge in [-0.2, -0.15) is 4.31 Å². The number of ether oxygens (including phenoxy) is 1. The summed E-state index contributed by atoms with van der Waals surface area (Å²) in [6, 6.07) is 4.54. The molecule has 0 aliphatic carbocycles. The lowest BCUT2D eigenvalue weighted by atomic mass is 10.00. The van der Waals surface area contributed by atoms with Crippen molar-refractivity contribution < 1.29 is 17.6 Å². The molecule has 1 aromatic carbocycles. The summed E-state index contributed by atoms with van der Waals surface area (Å²) in [6.07, 6.45) is 4.63. The van der Waals surface area contributed by atoms with E-state index < -0.39 is 10.0 Å². The zero-order valence-corrected chi connectivity index (χ0v) is 18.0. The quantitative estimate of drug-likeness (QED) is 0.584. The van der Waals surface area contributed by atoms with Crippen LogP contribution in [0.15, 0.2) is 39.9 Å². The van der Waals surface area contributed by atoms with Crippen molar-refractivity contribution in [3.63, 3.8) is 0 Å². The molecule has 0 bridgehead atoms. The number of piperidine rings is 1. The van der Waals surface area contributed by atoms with Crippen LogP contribution in [-0.2, 0) is 10.0 Å². The predicted molar refractivity (Wildman–Crippen MR) is 109 cm³/mol. The third-order valence-electron chi connectivity index (χ3n) is 4.95. The van der Waals surface area contributed by atoms with Crippen LogP contribution < -0.4 is 4.74 Å². The molecule has 158 valence electrons. The average molecular weight is 450 g/mol. The number of aryl methyl sites for hydroxylation is 1. The molecule has 0 N–H and O–H groups in total. The van der Waals surface area contributed by atoms with Crippen molar-refractivity contribution in [2.24, 2.45) is 0 Å². The lowest BCUT2D eigenvalue weighted by molar-refractivity contribution is 0.285. The number of aromatic nitrogens is 4. The van der Waals surface area contributed by atoms with E-state index in [9.17, 15) is 8.42 Å². The highest BCUT2D eigenvalue weighted by Crippen LogP contribution is 2.34. The van der Waals surface area contributed by atoms with Gasteiger partial charge in [0.1, 0.15) is 16.5 Å². The van der Waals surface area contributed by atoms with Gasteiger partial charge in [-0.1, -0.05) is 11.6 Å². The fourth-order valence-corrected chi connectivity index (χ4v) is 5.31. The van der Waals surface area contributed by atoms with Gasteiger partial charge < -0.3 is 9.15 Å². The molecule has 1 saturated heterocycles. The van der Waals surface area contributed by atoms with Gasteiger partial charge in [0.2, 0.25) is 15.9 Å². The minimum atomic E-state index is -3.80. The number of benzene rings is 1. The van der Waals surface area contributed by atoms with E-state index in [-0.39, 0.29) is 23.1 Å². The Morgan fingerprint density at radius 3 is 2.73 bits per heavy atom. The molecular formula is C19H20ClN5O4S. The molecule has 3 heterocycles. The predicted octanol–water partition coefficient (Wildman–Crippen LogP) is 3.07. The van der Waals surface area contributed by atoms with Crippen molar-refractivity contribution >= 4 is 21.6 Å². The summed E-state index contributed by atoms with van der Waals surface area (Å²) in [5.41, 5.74) is 0.614. The first-order chi connectivity index (χ1) is 14.4. The van der Waals surface area contributed by atoms with Crippen LogP contribution in [0.2, 0.25) is 5.02 Å². The second-order valence-electron chi connectivity index (χ2n) is 6.96. The molecule has 11 heteroatoms. The van der Waals surface area contributed by atoms with Gasteiger partial charge >= 0.3 is 0 Å². The van der Waals surface area contributed by atoms with Crippen molar-refractivity contribution in [3.05, 3.63) is 47.3 Å². The van der Waals surface area contributed by atoms with E-state index in [2.05, 4.69) is 20.2 Å². The number of methoxy groups -OCH3 is 1. The van der Waals surface area contributed by atoms with Crippen LogP contribution >= 0.6 is 11.6 Å². The van der Waals surface area contributed by atoms with Crippen molar-refractivity contribution in [1.29, 1.82) is 0 Å². The van der Waals surface area contributed by atoms with Gasteiger partial charge in [0.15, 0.2) is 0 Å². The second-order valence-corrected chi connectivity index (χ2v) is 9.30. The van der Waals surface area contributed by atoms with Crippen LogP contribution in [0.4, 0.5) is 0 Å². The normalized spacial score (nSPS) is 17.8. The zero-order valence-electron chi connectivity index (χ0n) is 16.4. The maximum absolute atomic E-state index is 13.3. The minimum Gasteiger partial charge on any atom is -0.495 e. The molecule has 30 heavy (non-hydrogen) atoms. The highest BCUT2D eigenvalue weighted by molar-refractivity contribution is 7.89. The number of rotatable bonds is 5. The molecule has 3 aromatic rings. The second kappa shape index (κ2) is 8.29. The van der Waals surface area contributed by atoms with Crippen LogP contribution in [0, 0.1) is 6.92 Å². The Balaban J connectivity index is 1.58. The van der Waals surface area contributed by atoms with Gasteiger partial charge in [-0.05, 0) is 38.0 Å². The van der Waals surface area contributed by atoms with E-state index in [1.54, 1.807) is 31.5 Å². The number of hydrogen-bond acceptors (Lipinski definition) is 8. The molecule has 0 spiro atoms. The molecule has 1 aliphatic rings. The number of sulfonamides is 1. The lowest BCUT2D eigenvalue weighted by Gasteiger charge is -2.30. The summed E-state index contributed by atoms with van der Waals surface area (Å²) in [6.45, 7) is 2.40. The van der Waals surface area contributed by atoms with Crippen LogP contribution in [-0.4, -0.2) is 53.1 Å². The molecule has 0 radical (unpaired) electrons. The molecule has 0 unspecified atom stereocenters. The standard InChI is InChI=1S/C19H20ClN5O4S/c1-12-21-9-14(10-22-12)19-24-23-18(29-19)13-4-3-7-25(11-13)30(26,27)17-8-15(20)5-6-16(17)28-2/h5-6,8-10,13H,3-4,7,11H2,1-2H3/t13-/m1/s1. The number of hydrogen-bond donors (Lipinski definition) is 0. The molecule has 2 aromatic heterocycles. The topological polar surface area (TPSA) is 111 Å². The van der Waals surface area contributed by atoms with Gasteiger partial charge in [0, 0.05) is 30.5 Å². The summed E-state index contributed by atoms with van der Waals surface area (Å²) >= 11 is 6.03. The number of halogens is 1. The number of nitrogens with zero attached hydrogens (tertiary/aromatic N) is 5. The van der Waals surface area contributed by atoms with Crippen molar-refractivity contribution in [2.75, 3.05) is 20.2 Å². The molecule has 9 nitrogen and oxygen atoms in total. The fourth-order valence-electron chi connectivity index (χ4n) is 3.37. The summed E-state index contributed by atoms with van der Waals surface area (Å²) < 4.78 is 39.0. The average Bonchev–Trinajstić information content (AvgIpc) is 3.24. The maximum Gasteiger partial charge on any atom is 0.250 e. The zero-order chi connectivity index (χ0) is 21.3. The van der Waals surface area contributed by atoms with Crippen LogP contribution in [0.5, 0.6) is 5.75 Å². The van der Waals surface area contributed by atoms with Crippen molar-refractivity contribution in [3.8, 4) is 17.2 Å². The van der Waals surface area contributed by atoms with E-state index in [4.69, 9.17) is 20.8 Å². The third-order valence-corrected chi connectivity index (χ3v) is 7.07. The summed E-state index contributed by atoms with van der Waals surface area (Å²) in [5, 5.41) is 8.53. The van der Waals surface area contributed by atoms with Gasteiger partial charge in [-0.15, -0.1) is 10.2 Å². The van der Waals surface area contributed by atoms with Crippen molar-refractivity contribution in [2.45, 2.75) is 30.6 Å². The van der Waals surface area contributed by atoms with E-state index in [0.29, 0.717) is 41.2 Å². The van der Waals surface area contributed by atoms with Gasteiger partial charge in [0.25, 0.3) is 5.89 Å².